The van der Waals surface area contributed by atoms with Gasteiger partial charge < -0.3 is 14.3 Å². The number of nitrogens with zero attached hydrogens (tertiary/aromatic N) is 3. The van der Waals surface area contributed by atoms with Crippen LogP contribution in [0.15, 0.2) is 52.2 Å². The predicted molar refractivity (Wildman–Crippen MR) is 110 cm³/mol. The fourth-order valence-electron chi connectivity index (χ4n) is 2.77. The number of furan rings is 1. The first-order valence-electron chi connectivity index (χ1n) is 8.71. The Kier molecular flexibility index (Phi) is 4.94. The Hall–Kier alpha value is -3.39. The minimum atomic E-state index is 0.100. The van der Waals surface area contributed by atoms with E-state index in [0.717, 1.165) is 11.3 Å². The molecule has 4 rings (SSSR count). The summed E-state index contributed by atoms with van der Waals surface area (Å²) >= 11 is 1.38. The summed E-state index contributed by atoms with van der Waals surface area (Å²) in [7, 11) is 0. The van der Waals surface area contributed by atoms with Crippen molar-refractivity contribution in [1.29, 1.82) is 0 Å². The highest BCUT2D eigenvalue weighted by atomic mass is 32.1. The molecule has 4 aromatic rings. The highest BCUT2D eigenvalue weighted by Gasteiger charge is 2.19. The van der Waals surface area contributed by atoms with Crippen molar-refractivity contribution in [1.82, 2.24) is 9.97 Å². The Balaban J connectivity index is 1.71. The first-order chi connectivity index (χ1) is 13.7. The minimum Gasteiger partial charge on any atom is -0.504 e. The van der Waals surface area contributed by atoms with Gasteiger partial charge in [-0.2, -0.15) is 5.10 Å². The molecule has 0 amide bonds. The fourth-order valence-corrected chi connectivity index (χ4v) is 3.89. The van der Waals surface area contributed by atoms with Crippen molar-refractivity contribution < 1.29 is 14.3 Å². The first-order valence-corrected chi connectivity index (χ1v) is 9.53. The molecule has 8 heteroatoms. The van der Waals surface area contributed by atoms with Gasteiger partial charge in [0.15, 0.2) is 11.6 Å². The Labute approximate surface area is 165 Å². The van der Waals surface area contributed by atoms with E-state index < -0.39 is 0 Å². The van der Waals surface area contributed by atoms with E-state index in [2.05, 4.69) is 20.5 Å². The van der Waals surface area contributed by atoms with Crippen LogP contribution >= 0.6 is 11.3 Å². The Morgan fingerprint density at radius 1 is 1.25 bits per heavy atom. The minimum absolute atomic E-state index is 0.100. The summed E-state index contributed by atoms with van der Waals surface area (Å²) in [5.41, 5.74) is 4.18. The molecule has 3 aromatic heterocycles. The molecule has 0 saturated heterocycles. The van der Waals surface area contributed by atoms with Crippen LogP contribution in [0.5, 0.6) is 11.5 Å². The van der Waals surface area contributed by atoms with Gasteiger partial charge in [0.2, 0.25) is 0 Å². The number of thiophene rings is 1. The summed E-state index contributed by atoms with van der Waals surface area (Å²) < 4.78 is 11.9. The zero-order valence-corrected chi connectivity index (χ0v) is 16.2. The third kappa shape index (κ3) is 3.41. The Morgan fingerprint density at radius 3 is 2.89 bits per heavy atom. The van der Waals surface area contributed by atoms with E-state index in [1.165, 1.54) is 17.7 Å². The molecule has 7 nitrogen and oxygen atoms in total. The molecule has 2 N–H and O–H groups in total. The molecule has 0 radical (unpaired) electrons. The summed E-state index contributed by atoms with van der Waals surface area (Å²) in [5.74, 6) is 2.76. The van der Waals surface area contributed by atoms with Crippen LogP contribution in [-0.2, 0) is 0 Å². The van der Waals surface area contributed by atoms with Gasteiger partial charge in [0.25, 0.3) is 0 Å². The summed E-state index contributed by atoms with van der Waals surface area (Å²) in [6.45, 7) is 4.33. The van der Waals surface area contributed by atoms with Crippen LogP contribution in [0.4, 0.5) is 5.82 Å². The van der Waals surface area contributed by atoms with Crippen molar-refractivity contribution in [2.45, 2.75) is 13.8 Å². The second-order valence-corrected chi connectivity index (χ2v) is 6.95. The van der Waals surface area contributed by atoms with Crippen LogP contribution in [0.3, 0.4) is 0 Å². The molecule has 0 spiro atoms. The maximum atomic E-state index is 10.7. The van der Waals surface area contributed by atoms with E-state index in [0.29, 0.717) is 39.0 Å². The number of aromatic nitrogens is 2. The zero-order valence-electron chi connectivity index (χ0n) is 15.3. The first kappa shape index (κ1) is 18.0. The van der Waals surface area contributed by atoms with Crippen LogP contribution < -0.4 is 10.2 Å². The topological polar surface area (TPSA) is 92.8 Å². The SMILES string of the molecule is CCOc1ccccc1-c1sc2c(NN=Cc3ccc(C)o3)ncnc2c1O. The molecule has 0 aliphatic heterocycles. The standard InChI is InChI=1S/C20H18N4O3S/c1-3-26-15-7-5-4-6-14(15)18-17(25)16-19(28-18)20(22-11-21-16)24-23-10-13-9-8-12(2)27-13/h4-11,25H,3H2,1-2H3,(H,21,22,24). The van der Waals surface area contributed by atoms with Gasteiger partial charge in [-0.1, -0.05) is 12.1 Å². The molecule has 0 aliphatic carbocycles. The number of rotatable bonds is 6. The largest absolute Gasteiger partial charge is 0.504 e. The van der Waals surface area contributed by atoms with E-state index in [1.807, 2.05) is 50.2 Å². The predicted octanol–water partition coefficient (Wildman–Crippen LogP) is 4.81. The van der Waals surface area contributed by atoms with Gasteiger partial charge >= 0.3 is 0 Å². The summed E-state index contributed by atoms with van der Waals surface area (Å²) in [6.07, 6.45) is 2.96. The molecular weight excluding hydrogens is 376 g/mol. The molecule has 0 unspecified atom stereocenters. The van der Waals surface area contributed by atoms with Gasteiger partial charge in [-0.25, -0.2) is 9.97 Å². The number of fused-ring (bicyclic) bond motifs is 1. The van der Waals surface area contributed by atoms with E-state index in [1.54, 1.807) is 6.21 Å². The van der Waals surface area contributed by atoms with Gasteiger partial charge in [-0.3, -0.25) is 5.43 Å². The normalized spacial score (nSPS) is 11.4. The van der Waals surface area contributed by atoms with E-state index >= 15 is 0 Å². The number of para-hydroxylation sites is 1. The summed E-state index contributed by atoms with van der Waals surface area (Å²) in [5, 5.41) is 14.9. The monoisotopic (exact) mass is 394 g/mol. The van der Waals surface area contributed by atoms with Gasteiger partial charge in [-0.15, -0.1) is 11.3 Å². The van der Waals surface area contributed by atoms with Gasteiger partial charge in [0.05, 0.1) is 17.7 Å². The lowest BCUT2D eigenvalue weighted by atomic mass is 10.1. The molecule has 0 aliphatic rings. The number of hydrazone groups is 1. The van der Waals surface area contributed by atoms with E-state index in [4.69, 9.17) is 9.15 Å². The van der Waals surface area contributed by atoms with Gasteiger partial charge in [0.1, 0.15) is 33.8 Å². The van der Waals surface area contributed by atoms with Crippen LogP contribution in [0.1, 0.15) is 18.4 Å². The van der Waals surface area contributed by atoms with Gasteiger partial charge in [-0.05, 0) is 38.1 Å². The fraction of sp³-hybridized carbons (Fsp3) is 0.150. The number of anilines is 1. The molecule has 3 heterocycles. The maximum Gasteiger partial charge on any atom is 0.167 e. The number of nitrogens with one attached hydrogen (secondary N) is 1. The molecule has 0 fully saturated rings. The molecule has 1 aromatic carbocycles. The van der Waals surface area contributed by atoms with Crippen LogP contribution in [0, 0.1) is 6.92 Å². The van der Waals surface area contributed by atoms with Crippen LogP contribution in [-0.4, -0.2) is 27.9 Å². The van der Waals surface area contributed by atoms with Crippen molar-refractivity contribution in [2.75, 3.05) is 12.0 Å². The average molecular weight is 394 g/mol. The van der Waals surface area contributed by atoms with Crippen molar-refractivity contribution in [3.05, 3.63) is 54.2 Å². The van der Waals surface area contributed by atoms with Crippen LogP contribution in [0.25, 0.3) is 20.7 Å². The Bertz CT molecular complexity index is 1150. The molecule has 142 valence electrons. The van der Waals surface area contributed by atoms with Crippen molar-refractivity contribution >= 4 is 33.6 Å². The molecular formula is C20H18N4O3S. The Morgan fingerprint density at radius 2 is 2.11 bits per heavy atom. The number of hydrogen-bond donors (Lipinski definition) is 2. The summed E-state index contributed by atoms with van der Waals surface area (Å²) in [4.78, 5) is 9.16. The number of benzene rings is 1. The summed E-state index contributed by atoms with van der Waals surface area (Å²) in [6, 6.07) is 11.3. The molecule has 0 bridgehead atoms. The maximum absolute atomic E-state index is 10.7. The lowest BCUT2D eigenvalue weighted by Crippen LogP contribution is -1.93. The number of hydrogen-bond acceptors (Lipinski definition) is 8. The van der Waals surface area contributed by atoms with Crippen molar-refractivity contribution in [3.63, 3.8) is 0 Å². The molecule has 0 saturated carbocycles. The zero-order chi connectivity index (χ0) is 19.5. The molecule has 0 atom stereocenters. The van der Waals surface area contributed by atoms with E-state index in [-0.39, 0.29) is 5.75 Å². The van der Waals surface area contributed by atoms with Crippen molar-refractivity contribution in [3.8, 4) is 21.9 Å². The quantitative estimate of drug-likeness (QED) is 0.360. The molecule has 28 heavy (non-hydrogen) atoms. The highest BCUT2D eigenvalue weighted by Crippen LogP contribution is 2.47. The number of aromatic hydroxyl groups is 1. The van der Waals surface area contributed by atoms with Gasteiger partial charge in [0, 0.05) is 5.56 Å². The average Bonchev–Trinajstić information content (AvgIpc) is 3.26. The second-order valence-electron chi connectivity index (χ2n) is 5.93. The lowest BCUT2D eigenvalue weighted by molar-refractivity contribution is 0.341. The smallest absolute Gasteiger partial charge is 0.167 e. The van der Waals surface area contributed by atoms with Crippen LogP contribution in [0.2, 0.25) is 0 Å². The third-order valence-corrected chi connectivity index (χ3v) is 5.21. The third-order valence-electron chi connectivity index (χ3n) is 4.00. The number of ether oxygens (including phenoxy) is 1. The van der Waals surface area contributed by atoms with Crippen molar-refractivity contribution in [2.24, 2.45) is 5.10 Å². The van der Waals surface area contributed by atoms with E-state index in [9.17, 15) is 5.11 Å². The second kappa shape index (κ2) is 7.69. The lowest BCUT2D eigenvalue weighted by Gasteiger charge is -2.08. The number of aryl methyl sites for hydroxylation is 1. The highest BCUT2D eigenvalue weighted by molar-refractivity contribution is 7.23.